The van der Waals surface area contributed by atoms with Crippen LogP contribution < -0.4 is 0 Å². The van der Waals surface area contributed by atoms with Crippen LogP contribution in [0.4, 0.5) is 0 Å². The molecule has 1 aliphatic heterocycles. The van der Waals surface area contributed by atoms with E-state index in [-0.39, 0.29) is 5.92 Å². The fourth-order valence-electron chi connectivity index (χ4n) is 4.11. The molecule has 4 rings (SSSR count). The number of hydrogen-bond acceptors (Lipinski definition) is 1. The molecule has 0 aliphatic carbocycles. The zero-order valence-electron chi connectivity index (χ0n) is 15.2. The van der Waals surface area contributed by atoms with Crippen molar-refractivity contribution in [3.05, 3.63) is 71.9 Å². The topological polar surface area (TPSA) is 36.1 Å². The number of H-pyrrole nitrogens is 1. The smallest absolute Gasteiger partial charge is 0.223 e. The van der Waals surface area contributed by atoms with Crippen molar-refractivity contribution >= 4 is 16.8 Å². The molecule has 0 radical (unpaired) electrons. The van der Waals surface area contributed by atoms with Crippen molar-refractivity contribution in [1.82, 2.24) is 9.88 Å². The van der Waals surface area contributed by atoms with Gasteiger partial charge >= 0.3 is 0 Å². The van der Waals surface area contributed by atoms with Gasteiger partial charge in [0.2, 0.25) is 5.91 Å². The van der Waals surface area contributed by atoms with Gasteiger partial charge in [0, 0.05) is 36.6 Å². The van der Waals surface area contributed by atoms with Crippen LogP contribution in [0.1, 0.15) is 42.7 Å². The Kier molecular flexibility index (Phi) is 5.05. The van der Waals surface area contributed by atoms with E-state index in [1.165, 1.54) is 22.9 Å². The Morgan fingerprint density at radius 3 is 2.50 bits per heavy atom. The largest absolute Gasteiger partial charge is 0.361 e. The third-order valence-electron chi connectivity index (χ3n) is 5.52. The fraction of sp³-hybridized carbons (Fsp3) is 0.348. The molecule has 26 heavy (non-hydrogen) atoms. The first kappa shape index (κ1) is 16.9. The Morgan fingerprint density at radius 1 is 0.962 bits per heavy atom. The second-order valence-corrected chi connectivity index (χ2v) is 7.32. The highest BCUT2D eigenvalue weighted by Gasteiger charge is 2.24. The Bertz CT molecular complexity index is 862. The number of fused-ring (bicyclic) bond motifs is 1. The molecule has 3 heteroatoms. The highest BCUT2D eigenvalue weighted by Crippen LogP contribution is 2.31. The Balaban J connectivity index is 1.61. The molecule has 2 heterocycles. The second kappa shape index (κ2) is 7.77. The highest BCUT2D eigenvalue weighted by molar-refractivity contribution is 5.85. The molecule has 1 atom stereocenters. The van der Waals surface area contributed by atoms with Crippen LogP contribution in [0.5, 0.6) is 0 Å². The van der Waals surface area contributed by atoms with Crippen molar-refractivity contribution in [3.63, 3.8) is 0 Å². The monoisotopic (exact) mass is 346 g/mol. The van der Waals surface area contributed by atoms with Crippen molar-refractivity contribution in [3.8, 4) is 0 Å². The summed E-state index contributed by atoms with van der Waals surface area (Å²) in [6.07, 6.45) is 7.10. The number of nitrogens with one attached hydrogen (secondary N) is 1. The maximum absolute atomic E-state index is 12.9. The zero-order chi connectivity index (χ0) is 17.8. The quantitative estimate of drug-likeness (QED) is 0.701. The number of hydrogen-bond donors (Lipinski definition) is 1. The standard InChI is InChI=1S/C23H26N2O/c26-23(25-13-7-2-8-14-25)16-19(15-18-9-3-1-4-10-18)21-17-24-22-12-6-5-11-20(21)22/h1,3-6,9-12,17,19,24H,2,7-8,13-16H2. The minimum absolute atomic E-state index is 0.197. The number of carbonyl (C=O) groups is 1. The first-order valence-corrected chi connectivity index (χ1v) is 9.69. The molecular weight excluding hydrogens is 320 g/mol. The molecule has 134 valence electrons. The predicted octanol–water partition coefficient (Wildman–Crippen LogP) is 4.90. The summed E-state index contributed by atoms with van der Waals surface area (Å²) in [5.41, 5.74) is 3.69. The van der Waals surface area contributed by atoms with Gasteiger partial charge in [0.1, 0.15) is 0 Å². The molecule has 3 nitrogen and oxygen atoms in total. The molecular formula is C23H26N2O. The molecule has 0 saturated carbocycles. The number of nitrogens with zero attached hydrogens (tertiary/aromatic N) is 1. The maximum Gasteiger partial charge on any atom is 0.223 e. The van der Waals surface area contributed by atoms with Gasteiger partial charge in [-0.25, -0.2) is 0 Å². The molecule has 1 saturated heterocycles. The summed E-state index contributed by atoms with van der Waals surface area (Å²) in [6, 6.07) is 18.9. The molecule has 1 unspecified atom stereocenters. The van der Waals surface area contributed by atoms with Crippen molar-refractivity contribution in [2.75, 3.05) is 13.1 Å². The third-order valence-corrected chi connectivity index (χ3v) is 5.52. The van der Waals surface area contributed by atoms with Crippen LogP contribution in [0.25, 0.3) is 10.9 Å². The molecule has 0 bridgehead atoms. The fourth-order valence-corrected chi connectivity index (χ4v) is 4.11. The predicted molar refractivity (Wildman–Crippen MR) is 106 cm³/mol. The van der Waals surface area contributed by atoms with E-state index >= 15 is 0 Å². The number of carbonyl (C=O) groups excluding carboxylic acids is 1. The number of likely N-dealkylation sites (tertiary alicyclic amines) is 1. The summed E-state index contributed by atoms with van der Waals surface area (Å²) in [5.74, 6) is 0.499. The van der Waals surface area contributed by atoms with E-state index < -0.39 is 0 Å². The van der Waals surface area contributed by atoms with Crippen molar-refractivity contribution in [2.45, 2.75) is 38.0 Å². The molecule has 0 spiro atoms. The molecule has 1 aliphatic rings. The van der Waals surface area contributed by atoms with Crippen LogP contribution >= 0.6 is 0 Å². The van der Waals surface area contributed by atoms with Crippen LogP contribution in [-0.4, -0.2) is 28.9 Å². The number of rotatable bonds is 5. The van der Waals surface area contributed by atoms with Crippen LogP contribution in [0.3, 0.4) is 0 Å². The van der Waals surface area contributed by atoms with Gasteiger partial charge in [-0.05, 0) is 48.8 Å². The lowest BCUT2D eigenvalue weighted by atomic mass is 9.88. The van der Waals surface area contributed by atoms with Gasteiger partial charge < -0.3 is 9.88 Å². The number of piperidine rings is 1. The van der Waals surface area contributed by atoms with E-state index in [9.17, 15) is 4.79 Å². The number of benzene rings is 2. The van der Waals surface area contributed by atoms with E-state index in [2.05, 4.69) is 58.5 Å². The van der Waals surface area contributed by atoms with E-state index in [0.29, 0.717) is 12.3 Å². The Morgan fingerprint density at radius 2 is 1.69 bits per heavy atom. The van der Waals surface area contributed by atoms with Gasteiger partial charge in [-0.1, -0.05) is 48.5 Å². The lowest BCUT2D eigenvalue weighted by Crippen LogP contribution is -2.36. The van der Waals surface area contributed by atoms with Crippen molar-refractivity contribution in [2.24, 2.45) is 0 Å². The average molecular weight is 346 g/mol. The SMILES string of the molecule is O=C(CC(Cc1ccccc1)c1c[nH]c2ccccc12)N1CCCCC1. The van der Waals surface area contributed by atoms with Crippen LogP contribution in [0.2, 0.25) is 0 Å². The van der Waals surface area contributed by atoms with E-state index in [4.69, 9.17) is 0 Å². The van der Waals surface area contributed by atoms with E-state index in [0.717, 1.165) is 37.9 Å². The summed E-state index contributed by atoms with van der Waals surface area (Å²) >= 11 is 0. The lowest BCUT2D eigenvalue weighted by Gasteiger charge is -2.28. The summed E-state index contributed by atoms with van der Waals surface area (Å²) < 4.78 is 0. The third kappa shape index (κ3) is 3.67. The maximum atomic E-state index is 12.9. The summed E-state index contributed by atoms with van der Waals surface area (Å²) in [6.45, 7) is 1.84. The summed E-state index contributed by atoms with van der Waals surface area (Å²) in [7, 11) is 0. The van der Waals surface area contributed by atoms with Gasteiger partial charge in [-0.15, -0.1) is 0 Å². The number of amides is 1. The first-order valence-electron chi connectivity index (χ1n) is 9.69. The second-order valence-electron chi connectivity index (χ2n) is 7.32. The van der Waals surface area contributed by atoms with E-state index in [1.54, 1.807) is 0 Å². The Labute approximate surface area is 155 Å². The lowest BCUT2D eigenvalue weighted by molar-refractivity contribution is -0.132. The summed E-state index contributed by atoms with van der Waals surface area (Å²) in [4.78, 5) is 18.4. The van der Waals surface area contributed by atoms with E-state index in [1.807, 2.05) is 12.1 Å². The van der Waals surface area contributed by atoms with Crippen molar-refractivity contribution < 1.29 is 4.79 Å². The molecule has 3 aromatic rings. The van der Waals surface area contributed by atoms with Gasteiger partial charge in [-0.2, -0.15) is 0 Å². The minimum atomic E-state index is 0.197. The number of aromatic amines is 1. The minimum Gasteiger partial charge on any atom is -0.361 e. The number of para-hydroxylation sites is 1. The van der Waals surface area contributed by atoms with Crippen LogP contribution in [0.15, 0.2) is 60.8 Å². The molecule has 1 aromatic heterocycles. The molecule has 1 N–H and O–H groups in total. The summed E-state index contributed by atoms with van der Waals surface area (Å²) in [5, 5.41) is 1.24. The van der Waals surface area contributed by atoms with Gasteiger partial charge in [-0.3, -0.25) is 4.79 Å². The molecule has 1 amide bonds. The normalized spacial score (nSPS) is 15.9. The van der Waals surface area contributed by atoms with Crippen molar-refractivity contribution in [1.29, 1.82) is 0 Å². The zero-order valence-corrected chi connectivity index (χ0v) is 15.2. The van der Waals surface area contributed by atoms with Gasteiger partial charge in [0.25, 0.3) is 0 Å². The van der Waals surface area contributed by atoms with Crippen LogP contribution in [-0.2, 0) is 11.2 Å². The highest BCUT2D eigenvalue weighted by atomic mass is 16.2. The van der Waals surface area contributed by atoms with Gasteiger partial charge in [0.15, 0.2) is 0 Å². The Hall–Kier alpha value is -2.55. The van der Waals surface area contributed by atoms with Crippen LogP contribution in [0, 0.1) is 0 Å². The molecule has 2 aromatic carbocycles. The average Bonchev–Trinajstić information content (AvgIpc) is 3.13. The molecule has 1 fully saturated rings. The first-order chi connectivity index (χ1) is 12.8. The van der Waals surface area contributed by atoms with Gasteiger partial charge in [0.05, 0.1) is 0 Å². The number of aromatic nitrogens is 1.